The Hall–Kier alpha value is -1.02. The molecule has 0 atom stereocenters. The van der Waals surface area contributed by atoms with Crippen LogP contribution in [0.3, 0.4) is 0 Å². The SMILES string of the molecule is COc1ccc(C2(CO)CC2)cc1C(C)C. The molecule has 0 amide bonds. The van der Waals surface area contributed by atoms with Crippen LogP contribution in [0.25, 0.3) is 0 Å². The summed E-state index contributed by atoms with van der Waals surface area (Å²) in [4.78, 5) is 0. The average Bonchev–Trinajstić information content (AvgIpc) is 3.09. The summed E-state index contributed by atoms with van der Waals surface area (Å²) in [6.45, 7) is 4.59. The Kier molecular flexibility index (Phi) is 2.94. The highest BCUT2D eigenvalue weighted by Gasteiger charge is 2.43. The first-order valence-corrected chi connectivity index (χ1v) is 5.92. The number of aliphatic hydroxyl groups excluding tert-OH is 1. The number of hydrogen-bond acceptors (Lipinski definition) is 2. The van der Waals surface area contributed by atoms with E-state index in [-0.39, 0.29) is 12.0 Å². The third kappa shape index (κ3) is 1.82. The number of benzene rings is 1. The molecule has 0 aliphatic heterocycles. The second-order valence-electron chi connectivity index (χ2n) is 5.05. The Morgan fingerprint density at radius 2 is 2.06 bits per heavy atom. The summed E-state index contributed by atoms with van der Waals surface area (Å²) in [5, 5.41) is 9.43. The van der Waals surface area contributed by atoms with Gasteiger partial charge in [-0.25, -0.2) is 0 Å². The maximum atomic E-state index is 9.43. The first-order chi connectivity index (χ1) is 7.63. The van der Waals surface area contributed by atoms with Crippen molar-refractivity contribution in [2.24, 2.45) is 0 Å². The average molecular weight is 220 g/mol. The Balaban J connectivity index is 2.39. The van der Waals surface area contributed by atoms with Crippen LogP contribution in [0, 0.1) is 0 Å². The molecule has 0 radical (unpaired) electrons. The fourth-order valence-corrected chi connectivity index (χ4v) is 2.20. The van der Waals surface area contributed by atoms with E-state index in [4.69, 9.17) is 4.74 Å². The van der Waals surface area contributed by atoms with Crippen molar-refractivity contribution in [1.29, 1.82) is 0 Å². The minimum Gasteiger partial charge on any atom is -0.496 e. The Bertz CT molecular complexity index is 378. The molecule has 1 saturated carbocycles. The molecule has 2 heteroatoms. The minimum absolute atomic E-state index is 0.0515. The van der Waals surface area contributed by atoms with Crippen molar-refractivity contribution in [3.8, 4) is 5.75 Å². The fraction of sp³-hybridized carbons (Fsp3) is 0.571. The van der Waals surface area contributed by atoms with Gasteiger partial charge in [-0.2, -0.15) is 0 Å². The van der Waals surface area contributed by atoms with E-state index in [2.05, 4.69) is 26.0 Å². The Labute approximate surface area is 97.3 Å². The molecule has 1 aromatic carbocycles. The van der Waals surface area contributed by atoms with Crippen LogP contribution in [0.15, 0.2) is 18.2 Å². The molecule has 0 saturated heterocycles. The third-order valence-corrected chi connectivity index (χ3v) is 3.62. The van der Waals surface area contributed by atoms with Crippen LogP contribution in [0.1, 0.15) is 43.7 Å². The zero-order chi connectivity index (χ0) is 11.8. The molecule has 88 valence electrons. The van der Waals surface area contributed by atoms with Gasteiger partial charge in [0.05, 0.1) is 13.7 Å². The maximum Gasteiger partial charge on any atom is 0.122 e. The Morgan fingerprint density at radius 1 is 1.38 bits per heavy atom. The molecule has 0 bridgehead atoms. The summed E-state index contributed by atoms with van der Waals surface area (Å²) < 4.78 is 5.37. The van der Waals surface area contributed by atoms with E-state index in [9.17, 15) is 5.11 Å². The molecule has 1 aliphatic rings. The number of rotatable bonds is 4. The van der Waals surface area contributed by atoms with E-state index in [1.54, 1.807) is 7.11 Å². The van der Waals surface area contributed by atoms with Gasteiger partial charge in [0.2, 0.25) is 0 Å². The molecular weight excluding hydrogens is 200 g/mol. The van der Waals surface area contributed by atoms with Crippen molar-refractivity contribution in [2.45, 2.75) is 38.0 Å². The molecule has 0 unspecified atom stereocenters. The molecular formula is C14H20O2. The summed E-state index contributed by atoms with van der Waals surface area (Å²) in [6.07, 6.45) is 2.21. The van der Waals surface area contributed by atoms with Crippen LogP contribution in [-0.4, -0.2) is 18.8 Å². The van der Waals surface area contributed by atoms with Gasteiger partial charge in [-0.1, -0.05) is 26.0 Å². The largest absolute Gasteiger partial charge is 0.496 e. The minimum atomic E-state index is 0.0515. The van der Waals surface area contributed by atoms with Gasteiger partial charge >= 0.3 is 0 Å². The number of hydrogen-bond donors (Lipinski definition) is 1. The first-order valence-electron chi connectivity index (χ1n) is 5.92. The molecule has 0 spiro atoms. The standard InChI is InChI=1S/C14H20O2/c1-10(2)12-8-11(4-5-13(12)16-3)14(9-15)6-7-14/h4-5,8,10,15H,6-7,9H2,1-3H3. The van der Waals surface area contributed by atoms with Crippen molar-refractivity contribution in [3.05, 3.63) is 29.3 Å². The third-order valence-electron chi connectivity index (χ3n) is 3.62. The van der Waals surface area contributed by atoms with Gasteiger partial charge in [-0.05, 0) is 36.0 Å². The summed E-state index contributed by atoms with van der Waals surface area (Å²) in [5.74, 6) is 1.40. The second kappa shape index (κ2) is 4.10. The monoisotopic (exact) mass is 220 g/mol. The topological polar surface area (TPSA) is 29.5 Å². The summed E-state index contributed by atoms with van der Waals surface area (Å²) >= 11 is 0. The van der Waals surface area contributed by atoms with Crippen LogP contribution in [0.5, 0.6) is 5.75 Å². The first kappa shape index (κ1) is 11.5. The van der Waals surface area contributed by atoms with E-state index < -0.39 is 0 Å². The van der Waals surface area contributed by atoms with E-state index in [1.807, 2.05) is 6.07 Å². The van der Waals surface area contributed by atoms with Crippen molar-refractivity contribution in [2.75, 3.05) is 13.7 Å². The van der Waals surface area contributed by atoms with Crippen molar-refractivity contribution >= 4 is 0 Å². The van der Waals surface area contributed by atoms with Crippen molar-refractivity contribution in [1.82, 2.24) is 0 Å². The van der Waals surface area contributed by atoms with Gasteiger partial charge in [0.25, 0.3) is 0 Å². The van der Waals surface area contributed by atoms with Gasteiger partial charge < -0.3 is 9.84 Å². The van der Waals surface area contributed by atoms with Gasteiger partial charge in [-0.15, -0.1) is 0 Å². The highest BCUT2D eigenvalue weighted by atomic mass is 16.5. The van der Waals surface area contributed by atoms with Gasteiger partial charge in [-0.3, -0.25) is 0 Å². The van der Waals surface area contributed by atoms with Crippen molar-refractivity contribution in [3.63, 3.8) is 0 Å². The Morgan fingerprint density at radius 3 is 2.50 bits per heavy atom. The molecule has 16 heavy (non-hydrogen) atoms. The quantitative estimate of drug-likeness (QED) is 0.845. The molecule has 0 heterocycles. The van der Waals surface area contributed by atoms with Crippen molar-refractivity contribution < 1.29 is 9.84 Å². The van der Waals surface area contributed by atoms with Crippen LogP contribution in [0.2, 0.25) is 0 Å². The number of methoxy groups -OCH3 is 1. The smallest absolute Gasteiger partial charge is 0.122 e. The molecule has 2 rings (SSSR count). The second-order valence-corrected chi connectivity index (χ2v) is 5.05. The van der Waals surface area contributed by atoms with E-state index in [0.717, 1.165) is 18.6 Å². The van der Waals surface area contributed by atoms with E-state index in [1.165, 1.54) is 11.1 Å². The zero-order valence-corrected chi connectivity index (χ0v) is 10.3. The van der Waals surface area contributed by atoms with E-state index in [0.29, 0.717) is 5.92 Å². The van der Waals surface area contributed by atoms with Gasteiger partial charge in [0, 0.05) is 5.41 Å². The molecule has 1 fully saturated rings. The number of aliphatic hydroxyl groups is 1. The zero-order valence-electron chi connectivity index (χ0n) is 10.3. The predicted molar refractivity (Wildman–Crippen MR) is 65.1 cm³/mol. The van der Waals surface area contributed by atoms with Gasteiger partial charge in [0.1, 0.15) is 5.75 Å². The lowest BCUT2D eigenvalue weighted by Gasteiger charge is -2.17. The summed E-state index contributed by atoms with van der Waals surface area (Å²) in [6, 6.07) is 6.32. The molecule has 2 nitrogen and oxygen atoms in total. The fourth-order valence-electron chi connectivity index (χ4n) is 2.20. The van der Waals surface area contributed by atoms with Gasteiger partial charge in [0.15, 0.2) is 0 Å². The highest BCUT2D eigenvalue weighted by molar-refractivity contribution is 5.44. The molecule has 1 aliphatic carbocycles. The maximum absolute atomic E-state index is 9.43. The molecule has 0 aromatic heterocycles. The van der Waals surface area contributed by atoms with Crippen LogP contribution in [-0.2, 0) is 5.41 Å². The lowest BCUT2D eigenvalue weighted by atomic mass is 9.91. The lowest BCUT2D eigenvalue weighted by Crippen LogP contribution is -2.12. The summed E-state index contributed by atoms with van der Waals surface area (Å²) in [7, 11) is 1.71. The predicted octanol–water partition coefficient (Wildman–Crippen LogP) is 2.84. The lowest BCUT2D eigenvalue weighted by molar-refractivity contribution is 0.255. The summed E-state index contributed by atoms with van der Waals surface area (Å²) in [5.41, 5.74) is 2.55. The van der Waals surface area contributed by atoms with Crippen LogP contribution >= 0.6 is 0 Å². The molecule has 1 aromatic rings. The number of ether oxygens (including phenoxy) is 1. The van der Waals surface area contributed by atoms with Crippen LogP contribution in [0.4, 0.5) is 0 Å². The molecule has 1 N–H and O–H groups in total. The highest BCUT2D eigenvalue weighted by Crippen LogP contribution is 2.48. The van der Waals surface area contributed by atoms with Crippen LogP contribution < -0.4 is 4.74 Å². The van der Waals surface area contributed by atoms with E-state index >= 15 is 0 Å². The normalized spacial score (nSPS) is 17.6.